The van der Waals surface area contributed by atoms with Crippen LogP contribution in [0.15, 0.2) is 0 Å². The standard InChI is InChI=1S/C6H15NO3.C3H9N3S3/c8-4-1-7(2-5-9)3-6-10;7-1-4-2(8)6-3(9)5-1/h8-10H,1-6H2;1-9H. The smallest absolute Gasteiger partial charge is 0.106 e. The summed E-state index contributed by atoms with van der Waals surface area (Å²) in [6.07, 6.45) is 0. The predicted octanol–water partition coefficient (Wildman–Crippen LogP) is -2.33. The van der Waals surface area contributed by atoms with Crippen LogP contribution >= 0.6 is 37.9 Å². The molecule has 19 heavy (non-hydrogen) atoms. The Balaban J connectivity index is 0.000000342. The van der Waals surface area contributed by atoms with Gasteiger partial charge in [-0.05, 0) is 0 Å². The van der Waals surface area contributed by atoms with E-state index in [-0.39, 0.29) is 36.3 Å². The monoisotopic (exact) mass is 332 g/mol. The zero-order chi connectivity index (χ0) is 14.7. The van der Waals surface area contributed by atoms with E-state index in [0.29, 0.717) is 19.6 Å². The second-order valence-electron chi connectivity index (χ2n) is 3.72. The molecule has 0 spiro atoms. The Morgan fingerprint density at radius 1 is 0.684 bits per heavy atom. The molecule has 1 heterocycles. The largest absolute Gasteiger partial charge is 0.395 e. The molecule has 1 aliphatic heterocycles. The van der Waals surface area contributed by atoms with Gasteiger partial charge in [0.25, 0.3) is 0 Å². The molecule has 10 heteroatoms. The lowest BCUT2D eigenvalue weighted by atomic mass is 10.4. The van der Waals surface area contributed by atoms with Crippen molar-refractivity contribution in [3.05, 3.63) is 0 Å². The molecule has 0 aromatic carbocycles. The van der Waals surface area contributed by atoms with E-state index >= 15 is 0 Å². The fourth-order valence-corrected chi connectivity index (χ4v) is 2.60. The fourth-order valence-electron chi connectivity index (χ4n) is 1.35. The highest BCUT2D eigenvalue weighted by Crippen LogP contribution is 2.01. The second-order valence-corrected chi connectivity index (χ2v) is 5.27. The van der Waals surface area contributed by atoms with Crippen molar-refractivity contribution in [2.45, 2.75) is 16.5 Å². The average Bonchev–Trinajstić information content (AvgIpc) is 2.28. The van der Waals surface area contributed by atoms with Gasteiger partial charge in [-0.15, -0.1) is 37.9 Å². The molecular weight excluding hydrogens is 308 g/mol. The number of thiol groups is 3. The summed E-state index contributed by atoms with van der Waals surface area (Å²) in [4.78, 5) is 1.79. The second kappa shape index (κ2) is 12.5. The van der Waals surface area contributed by atoms with Crippen molar-refractivity contribution in [2.75, 3.05) is 39.5 Å². The summed E-state index contributed by atoms with van der Waals surface area (Å²) in [6, 6.07) is 0. The van der Waals surface area contributed by atoms with Gasteiger partial charge in [-0.1, -0.05) is 0 Å². The number of rotatable bonds is 6. The molecule has 0 saturated carbocycles. The highest BCUT2D eigenvalue weighted by Gasteiger charge is 2.18. The van der Waals surface area contributed by atoms with Crippen molar-refractivity contribution in [2.24, 2.45) is 0 Å². The van der Waals surface area contributed by atoms with E-state index in [1.54, 1.807) is 4.90 Å². The molecule has 0 aromatic rings. The molecule has 0 radical (unpaired) electrons. The number of hydrogen-bond donors (Lipinski definition) is 9. The quantitative estimate of drug-likeness (QED) is 0.252. The molecule has 0 amide bonds. The topological polar surface area (TPSA) is 100 Å². The summed E-state index contributed by atoms with van der Waals surface area (Å²) in [5.41, 5.74) is -0.0938. The number of aliphatic hydroxyl groups excluding tert-OH is 3. The summed E-state index contributed by atoms with van der Waals surface area (Å²) in [7, 11) is 0. The number of aliphatic hydroxyl groups is 3. The van der Waals surface area contributed by atoms with Gasteiger partial charge >= 0.3 is 0 Å². The molecule has 6 N–H and O–H groups in total. The number of nitrogens with one attached hydrogen (secondary N) is 3. The third-order valence-corrected chi connectivity index (χ3v) is 3.09. The van der Waals surface area contributed by atoms with Gasteiger partial charge in [0, 0.05) is 19.6 Å². The molecule has 7 nitrogen and oxygen atoms in total. The van der Waals surface area contributed by atoms with Crippen molar-refractivity contribution in [3.8, 4) is 0 Å². The van der Waals surface area contributed by atoms with Crippen LogP contribution in [-0.4, -0.2) is 76.2 Å². The van der Waals surface area contributed by atoms with Crippen LogP contribution in [0.5, 0.6) is 0 Å². The highest BCUT2D eigenvalue weighted by atomic mass is 32.1. The third-order valence-electron chi connectivity index (χ3n) is 2.20. The third kappa shape index (κ3) is 11.1. The van der Waals surface area contributed by atoms with Gasteiger partial charge < -0.3 is 15.3 Å². The minimum absolute atomic E-state index is 0.0313. The molecule has 0 aliphatic carbocycles. The fraction of sp³-hybridized carbons (Fsp3) is 1.00. The maximum Gasteiger partial charge on any atom is 0.106 e. The van der Waals surface area contributed by atoms with Crippen molar-refractivity contribution in [1.82, 2.24) is 20.9 Å². The minimum Gasteiger partial charge on any atom is -0.395 e. The van der Waals surface area contributed by atoms with E-state index in [2.05, 4.69) is 53.8 Å². The highest BCUT2D eigenvalue weighted by molar-refractivity contribution is 7.82. The Kier molecular flexibility index (Phi) is 13.0. The van der Waals surface area contributed by atoms with Gasteiger partial charge in [0.2, 0.25) is 0 Å². The van der Waals surface area contributed by atoms with Crippen molar-refractivity contribution in [1.29, 1.82) is 0 Å². The van der Waals surface area contributed by atoms with E-state index in [0.717, 1.165) is 0 Å². The summed E-state index contributed by atoms with van der Waals surface area (Å²) < 4.78 is 0. The van der Waals surface area contributed by atoms with Gasteiger partial charge in [0.05, 0.1) is 19.8 Å². The van der Waals surface area contributed by atoms with E-state index in [1.807, 2.05) is 0 Å². The molecule has 116 valence electrons. The van der Waals surface area contributed by atoms with Crippen LogP contribution in [0.1, 0.15) is 0 Å². The van der Waals surface area contributed by atoms with Crippen molar-refractivity contribution < 1.29 is 15.3 Å². The first-order valence-electron chi connectivity index (χ1n) is 5.90. The maximum absolute atomic E-state index is 8.48. The molecule has 1 rings (SSSR count). The van der Waals surface area contributed by atoms with Crippen LogP contribution in [0.4, 0.5) is 0 Å². The Hall–Kier alpha value is 0.770. The summed E-state index contributed by atoms with van der Waals surface area (Å²) in [6.45, 7) is 1.75. The number of hydrogen-bond acceptors (Lipinski definition) is 10. The average molecular weight is 333 g/mol. The first-order chi connectivity index (χ1) is 9.03. The van der Waals surface area contributed by atoms with Crippen LogP contribution in [0.3, 0.4) is 0 Å². The lowest BCUT2D eigenvalue weighted by Crippen LogP contribution is -2.61. The van der Waals surface area contributed by atoms with Crippen LogP contribution in [0, 0.1) is 0 Å². The van der Waals surface area contributed by atoms with Crippen molar-refractivity contribution >= 4 is 37.9 Å². The van der Waals surface area contributed by atoms with E-state index in [9.17, 15) is 0 Å². The minimum atomic E-state index is -0.0313. The van der Waals surface area contributed by atoms with Gasteiger partial charge in [-0.3, -0.25) is 20.9 Å². The first-order valence-corrected chi connectivity index (χ1v) is 7.45. The lowest BCUT2D eigenvalue weighted by molar-refractivity contribution is 0.136. The predicted molar refractivity (Wildman–Crippen MR) is 85.4 cm³/mol. The molecule has 0 bridgehead atoms. The molecule has 1 aliphatic rings. The molecule has 1 fully saturated rings. The van der Waals surface area contributed by atoms with Crippen LogP contribution in [0.2, 0.25) is 0 Å². The Morgan fingerprint density at radius 2 is 0.947 bits per heavy atom. The van der Waals surface area contributed by atoms with Crippen LogP contribution in [0.25, 0.3) is 0 Å². The summed E-state index contributed by atoms with van der Waals surface area (Å²) in [5, 5.41) is 34.4. The Labute approximate surface area is 130 Å². The molecule has 0 atom stereocenters. The van der Waals surface area contributed by atoms with Gasteiger partial charge in [-0.2, -0.15) is 0 Å². The van der Waals surface area contributed by atoms with E-state index in [1.165, 1.54) is 0 Å². The van der Waals surface area contributed by atoms with E-state index < -0.39 is 0 Å². The van der Waals surface area contributed by atoms with Gasteiger partial charge in [0.15, 0.2) is 0 Å². The number of nitrogens with zero attached hydrogens (tertiary/aromatic N) is 1. The SMILES string of the molecule is OCCN(CCO)CCO.SC1NC(S)NC(S)N1. The molecule has 0 unspecified atom stereocenters. The maximum atomic E-state index is 8.48. The van der Waals surface area contributed by atoms with Crippen LogP contribution < -0.4 is 16.0 Å². The Morgan fingerprint density at radius 3 is 1.16 bits per heavy atom. The van der Waals surface area contributed by atoms with Gasteiger partial charge in [0.1, 0.15) is 16.5 Å². The molecular formula is C9H24N4O3S3. The van der Waals surface area contributed by atoms with E-state index in [4.69, 9.17) is 15.3 Å². The Bertz CT molecular complexity index is 180. The van der Waals surface area contributed by atoms with Crippen LogP contribution in [-0.2, 0) is 0 Å². The molecule has 1 saturated heterocycles. The summed E-state index contributed by atoms with van der Waals surface area (Å²) >= 11 is 12.4. The van der Waals surface area contributed by atoms with Gasteiger partial charge in [-0.25, -0.2) is 0 Å². The zero-order valence-electron chi connectivity index (χ0n) is 10.6. The van der Waals surface area contributed by atoms with Crippen molar-refractivity contribution in [3.63, 3.8) is 0 Å². The molecule has 0 aromatic heterocycles. The summed E-state index contributed by atoms with van der Waals surface area (Å²) in [5.74, 6) is 0. The zero-order valence-corrected chi connectivity index (χ0v) is 13.3. The first kappa shape index (κ1) is 19.8. The normalized spacial score (nSPS) is 27.0. The lowest BCUT2D eigenvalue weighted by Gasteiger charge is -2.31.